The number of ether oxygens (including phenoxy) is 1. The number of carbonyl (C=O) groups is 3. The number of hydrogen-bond donors (Lipinski definition) is 1. The number of carbonyl (C=O) groups excluding carboxylic acids is 3. The van der Waals surface area contributed by atoms with Crippen LogP contribution in [0.1, 0.15) is 22.8 Å². The standard InChI is InChI=1S/C29H19Cl2N5O5S/c1-2-41-28(40)15-7-10-17(11-8-15)32-22(37)14-35-21-6-4-3-5-19(21)23(26(35)38)24-27(39)36-29(42-24)33-25(34-36)18-12-9-16(30)13-20(18)31/h3-13H,2,14H2,1H3,(H,32,37)/b24-23-. The van der Waals surface area contributed by atoms with E-state index in [1.54, 1.807) is 73.7 Å². The third-order valence-corrected chi connectivity index (χ3v) is 8.04. The molecule has 3 aromatic carbocycles. The van der Waals surface area contributed by atoms with Crippen molar-refractivity contribution in [3.63, 3.8) is 0 Å². The fourth-order valence-electron chi connectivity index (χ4n) is 4.57. The van der Waals surface area contributed by atoms with Crippen LogP contribution in [-0.2, 0) is 14.3 Å². The van der Waals surface area contributed by atoms with E-state index in [2.05, 4.69) is 15.4 Å². The first kappa shape index (κ1) is 27.6. The van der Waals surface area contributed by atoms with Crippen molar-refractivity contribution in [3.05, 3.63) is 103 Å². The highest BCUT2D eigenvalue weighted by atomic mass is 35.5. The molecule has 2 amide bonds. The Hall–Kier alpha value is -4.58. The molecule has 210 valence electrons. The van der Waals surface area contributed by atoms with Gasteiger partial charge in [0.25, 0.3) is 11.5 Å². The van der Waals surface area contributed by atoms with Crippen LogP contribution in [0.15, 0.2) is 71.5 Å². The lowest BCUT2D eigenvalue weighted by molar-refractivity contribution is -0.118. The van der Waals surface area contributed by atoms with Crippen LogP contribution < -0.4 is 20.3 Å². The van der Waals surface area contributed by atoms with E-state index in [9.17, 15) is 19.2 Å². The molecule has 0 saturated carbocycles. The molecule has 0 saturated heterocycles. The number of aromatic nitrogens is 3. The van der Waals surface area contributed by atoms with Crippen molar-refractivity contribution in [2.24, 2.45) is 0 Å². The number of anilines is 2. The molecule has 1 aliphatic rings. The fraction of sp³-hybridized carbons (Fsp3) is 0.103. The van der Waals surface area contributed by atoms with E-state index in [4.69, 9.17) is 27.9 Å². The zero-order valence-corrected chi connectivity index (χ0v) is 24.1. The Morgan fingerprint density at radius 2 is 1.76 bits per heavy atom. The third kappa shape index (κ3) is 4.91. The molecule has 10 nitrogen and oxygen atoms in total. The van der Waals surface area contributed by atoms with E-state index in [0.717, 1.165) is 15.9 Å². The van der Waals surface area contributed by atoms with Gasteiger partial charge in [0, 0.05) is 21.8 Å². The molecule has 1 N–H and O–H groups in total. The number of para-hydroxylation sites is 1. The molecule has 0 atom stereocenters. The van der Waals surface area contributed by atoms with Crippen molar-refractivity contribution in [2.75, 3.05) is 23.4 Å². The molecule has 0 bridgehead atoms. The van der Waals surface area contributed by atoms with E-state index < -0.39 is 23.3 Å². The number of amides is 2. The Morgan fingerprint density at radius 3 is 2.48 bits per heavy atom. The van der Waals surface area contributed by atoms with Gasteiger partial charge in [-0.15, -0.1) is 5.10 Å². The maximum absolute atomic E-state index is 13.7. The van der Waals surface area contributed by atoms with Crippen LogP contribution in [0.2, 0.25) is 10.0 Å². The molecule has 0 aliphatic carbocycles. The molecule has 5 aromatic rings. The van der Waals surface area contributed by atoms with Gasteiger partial charge in [-0.2, -0.15) is 9.50 Å². The summed E-state index contributed by atoms with van der Waals surface area (Å²) in [7, 11) is 0. The highest BCUT2D eigenvalue weighted by Crippen LogP contribution is 2.35. The fourth-order valence-corrected chi connectivity index (χ4v) is 6.07. The number of nitrogens with one attached hydrogen (secondary N) is 1. The topological polar surface area (TPSA) is 123 Å². The first-order valence-electron chi connectivity index (χ1n) is 12.6. The quantitative estimate of drug-likeness (QED) is 0.282. The summed E-state index contributed by atoms with van der Waals surface area (Å²) in [4.78, 5) is 58.1. The summed E-state index contributed by atoms with van der Waals surface area (Å²) in [6, 6.07) is 18.0. The summed E-state index contributed by atoms with van der Waals surface area (Å²) < 4.78 is 6.27. The molecule has 0 unspecified atom stereocenters. The van der Waals surface area contributed by atoms with E-state index >= 15 is 0 Å². The molecule has 0 radical (unpaired) electrons. The van der Waals surface area contributed by atoms with Crippen LogP contribution >= 0.6 is 34.5 Å². The summed E-state index contributed by atoms with van der Waals surface area (Å²) in [6.07, 6.45) is 0. The van der Waals surface area contributed by atoms with Crippen molar-refractivity contribution < 1.29 is 19.1 Å². The van der Waals surface area contributed by atoms with E-state index in [0.29, 0.717) is 38.1 Å². The zero-order chi connectivity index (χ0) is 29.5. The number of fused-ring (bicyclic) bond motifs is 2. The smallest absolute Gasteiger partial charge is 0.338 e. The first-order chi connectivity index (χ1) is 20.2. The Morgan fingerprint density at radius 1 is 1.00 bits per heavy atom. The van der Waals surface area contributed by atoms with Gasteiger partial charge < -0.3 is 10.1 Å². The molecule has 3 heterocycles. The van der Waals surface area contributed by atoms with Gasteiger partial charge in [0.05, 0.1) is 28.5 Å². The second kappa shape index (κ2) is 11.0. The van der Waals surface area contributed by atoms with E-state index in [1.807, 2.05) is 0 Å². The normalized spacial score (nSPS) is 13.9. The van der Waals surface area contributed by atoms with Crippen LogP contribution in [0.3, 0.4) is 0 Å². The number of rotatable bonds is 6. The van der Waals surface area contributed by atoms with Crippen LogP contribution in [0.25, 0.3) is 21.9 Å². The minimum Gasteiger partial charge on any atom is -0.462 e. The molecule has 42 heavy (non-hydrogen) atoms. The van der Waals surface area contributed by atoms with Crippen molar-refractivity contribution in [3.8, 4) is 11.4 Å². The van der Waals surface area contributed by atoms with Crippen LogP contribution in [0.4, 0.5) is 11.4 Å². The second-order valence-electron chi connectivity index (χ2n) is 9.12. The van der Waals surface area contributed by atoms with E-state index in [-0.39, 0.29) is 34.0 Å². The highest BCUT2D eigenvalue weighted by molar-refractivity contribution is 7.15. The third-order valence-electron chi connectivity index (χ3n) is 6.46. The van der Waals surface area contributed by atoms with E-state index in [1.165, 1.54) is 4.90 Å². The number of halogens is 2. The maximum Gasteiger partial charge on any atom is 0.338 e. The molecule has 13 heteroatoms. The van der Waals surface area contributed by atoms with Crippen molar-refractivity contribution in [2.45, 2.75) is 6.92 Å². The molecule has 2 aromatic heterocycles. The monoisotopic (exact) mass is 619 g/mol. The molecular weight excluding hydrogens is 601 g/mol. The number of esters is 1. The van der Waals surface area contributed by atoms with Gasteiger partial charge in [0.2, 0.25) is 10.9 Å². The summed E-state index contributed by atoms with van der Waals surface area (Å²) in [5.74, 6) is -1.16. The average molecular weight is 620 g/mol. The van der Waals surface area contributed by atoms with Gasteiger partial charge in [-0.3, -0.25) is 19.3 Å². The van der Waals surface area contributed by atoms with Crippen molar-refractivity contribution in [1.29, 1.82) is 0 Å². The number of benzene rings is 3. The number of thiazole rings is 1. The van der Waals surface area contributed by atoms with Crippen LogP contribution in [-0.4, -0.2) is 45.5 Å². The van der Waals surface area contributed by atoms with Crippen LogP contribution in [0.5, 0.6) is 0 Å². The van der Waals surface area contributed by atoms with Crippen LogP contribution in [0, 0.1) is 0 Å². The Kier molecular flexibility index (Phi) is 7.23. The zero-order valence-electron chi connectivity index (χ0n) is 21.8. The van der Waals surface area contributed by atoms with Crippen molar-refractivity contribution in [1.82, 2.24) is 14.6 Å². The summed E-state index contributed by atoms with van der Waals surface area (Å²) in [6.45, 7) is 1.67. The molecule has 0 spiro atoms. The Labute approximate surface area is 251 Å². The largest absolute Gasteiger partial charge is 0.462 e. The molecular formula is C29H19Cl2N5O5S. The average Bonchev–Trinajstić information content (AvgIpc) is 3.59. The lowest BCUT2D eigenvalue weighted by Gasteiger charge is -2.16. The SMILES string of the molecule is CCOC(=O)c1ccc(NC(=O)CN2C(=O)/C(=c3\sc4nc(-c5ccc(Cl)cc5Cl)nn4c3=O)c3ccccc32)cc1. The predicted molar refractivity (Wildman–Crippen MR) is 160 cm³/mol. The predicted octanol–water partition coefficient (Wildman–Crippen LogP) is 4.20. The lowest BCUT2D eigenvalue weighted by atomic mass is 10.1. The Bertz CT molecular complexity index is 2020. The Balaban J connectivity index is 1.30. The number of hydrogen-bond acceptors (Lipinski definition) is 8. The first-order valence-corrected chi connectivity index (χ1v) is 14.2. The lowest BCUT2D eigenvalue weighted by Crippen LogP contribution is -2.37. The van der Waals surface area contributed by atoms with Gasteiger partial charge in [-0.25, -0.2) is 4.79 Å². The summed E-state index contributed by atoms with van der Waals surface area (Å²) in [5, 5.41) is 7.86. The molecule has 0 fully saturated rings. The van der Waals surface area contributed by atoms with Gasteiger partial charge >= 0.3 is 5.97 Å². The minimum absolute atomic E-state index is 0.161. The maximum atomic E-state index is 13.7. The second-order valence-corrected chi connectivity index (χ2v) is 10.9. The highest BCUT2D eigenvalue weighted by Gasteiger charge is 2.35. The van der Waals surface area contributed by atoms with Gasteiger partial charge in [-0.1, -0.05) is 52.7 Å². The summed E-state index contributed by atoms with van der Waals surface area (Å²) >= 11 is 13.3. The molecule has 6 rings (SSSR count). The van der Waals surface area contributed by atoms with Gasteiger partial charge in [0.1, 0.15) is 11.1 Å². The van der Waals surface area contributed by atoms with Gasteiger partial charge in [0.15, 0.2) is 5.82 Å². The number of nitrogens with zero attached hydrogens (tertiary/aromatic N) is 4. The van der Waals surface area contributed by atoms with Crippen molar-refractivity contribution >= 4 is 74.2 Å². The molecule has 1 aliphatic heterocycles. The minimum atomic E-state index is -0.509. The van der Waals surface area contributed by atoms with Gasteiger partial charge in [-0.05, 0) is 55.5 Å². The summed E-state index contributed by atoms with van der Waals surface area (Å²) in [5.41, 5.74) is 2.00.